The first-order valence-corrected chi connectivity index (χ1v) is 14.1. The third kappa shape index (κ3) is 6.76. The van der Waals surface area contributed by atoms with E-state index < -0.39 is 46.3 Å². The van der Waals surface area contributed by atoms with E-state index in [-0.39, 0.29) is 16.9 Å². The first-order valence-electron chi connectivity index (χ1n) is 12.2. The maximum atomic E-state index is 15.3. The molecule has 3 N–H and O–H groups in total. The Morgan fingerprint density at radius 1 is 1.22 bits per heavy atom. The van der Waals surface area contributed by atoms with Gasteiger partial charge in [-0.3, -0.25) is 9.59 Å². The minimum absolute atomic E-state index is 0.124. The lowest BCUT2D eigenvalue weighted by atomic mass is 9.78. The second-order valence-electron chi connectivity index (χ2n) is 10.8. The van der Waals surface area contributed by atoms with Crippen molar-refractivity contribution >= 4 is 46.1 Å². The highest BCUT2D eigenvalue weighted by Gasteiger charge is 2.41. The maximum absolute atomic E-state index is 15.3. The van der Waals surface area contributed by atoms with Gasteiger partial charge in [0.25, 0.3) is 11.8 Å². The summed E-state index contributed by atoms with van der Waals surface area (Å²) in [4.78, 5) is 39.2. The van der Waals surface area contributed by atoms with Gasteiger partial charge in [-0.25, -0.2) is 9.18 Å². The fraction of sp³-hybridized carbons (Fsp3) is 0.444. The van der Waals surface area contributed by atoms with Crippen molar-refractivity contribution in [3.63, 3.8) is 0 Å². The molecule has 1 aliphatic heterocycles. The smallest absolute Gasteiger partial charge is 0.408 e. The van der Waals surface area contributed by atoms with Crippen molar-refractivity contribution in [2.45, 2.75) is 74.8 Å². The van der Waals surface area contributed by atoms with Crippen molar-refractivity contribution in [1.29, 1.82) is 0 Å². The molecule has 0 bridgehead atoms. The average Bonchev–Trinajstić information content (AvgIpc) is 2.89. The van der Waals surface area contributed by atoms with Crippen LogP contribution < -0.4 is 16.0 Å². The maximum Gasteiger partial charge on any atom is 0.408 e. The molecule has 0 aromatic heterocycles. The molecule has 10 heteroatoms. The van der Waals surface area contributed by atoms with Crippen molar-refractivity contribution in [1.82, 2.24) is 10.6 Å². The molecule has 1 heterocycles. The summed E-state index contributed by atoms with van der Waals surface area (Å²) in [6, 6.07) is 9.13. The number of anilines is 1. The number of halogens is 2. The Morgan fingerprint density at radius 2 is 1.89 bits per heavy atom. The summed E-state index contributed by atoms with van der Waals surface area (Å²) in [5, 5.41) is 8.99. The zero-order valence-electron chi connectivity index (χ0n) is 21.4. The third-order valence-electron chi connectivity index (χ3n) is 6.38. The molecule has 198 valence electrons. The highest BCUT2D eigenvalue weighted by atomic mass is 35.5. The minimum Gasteiger partial charge on any atom is -0.444 e. The Balaban J connectivity index is 1.66. The Labute approximate surface area is 224 Å². The molecule has 0 spiro atoms. The highest BCUT2D eigenvalue weighted by Crippen LogP contribution is 2.35. The van der Waals surface area contributed by atoms with Crippen molar-refractivity contribution in [2.24, 2.45) is 0 Å². The van der Waals surface area contributed by atoms with Gasteiger partial charge in [-0.15, -0.1) is 0 Å². The second kappa shape index (κ2) is 10.5. The zero-order chi connectivity index (χ0) is 27.0. The van der Waals surface area contributed by atoms with Crippen LogP contribution in [0.4, 0.5) is 14.9 Å². The lowest BCUT2D eigenvalue weighted by Gasteiger charge is -2.39. The predicted octanol–water partition coefficient (Wildman–Crippen LogP) is 5.17. The van der Waals surface area contributed by atoms with E-state index in [9.17, 15) is 14.4 Å². The topological polar surface area (TPSA) is 96.5 Å². The van der Waals surface area contributed by atoms with Gasteiger partial charge in [-0.2, -0.15) is 0 Å². The lowest BCUT2D eigenvalue weighted by molar-refractivity contribution is -0.117. The van der Waals surface area contributed by atoms with Crippen LogP contribution in [0.2, 0.25) is 5.02 Å². The number of ether oxygens (including phenoxy) is 1. The van der Waals surface area contributed by atoms with Crippen molar-refractivity contribution < 1.29 is 23.5 Å². The third-order valence-corrected chi connectivity index (χ3v) is 9.01. The monoisotopic (exact) mass is 548 g/mol. The summed E-state index contributed by atoms with van der Waals surface area (Å²) in [5.74, 6) is -0.886. The van der Waals surface area contributed by atoms with Gasteiger partial charge >= 0.3 is 6.09 Å². The molecule has 37 heavy (non-hydrogen) atoms. The van der Waals surface area contributed by atoms with E-state index in [1.54, 1.807) is 32.9 Å². The first kappa shape index (κ1) is 27.3. The van der Waals surface area contributed by atoms with Crippen molar-refractivity contribution in [3.8, 4) is 0 Å². The van der Waals surface area contributed by atoms with E-state index in [1.165, 1.54) is 12.1 Å². The largest absolute Gasteiger partial charge is 0.444 e. The van der Waals surface area contributed by atoms with Crippen LogP contribution >= 0.6 is 11.6 Å². The fourth-order valence-electron chi connectivity index (χ4n) is 4.30. The van der Waals surface area contributed by atoms with Crippen LogP contribution in [0.25, 0.3) is 0 Å². The van der Waals surface area contributed by atoms with Gasteiger partial charge in [0.15, 0.2) is 10.9 Å². The number of carbonyl (C=O) groups is 3. The molecule has 1 fully saturated rings. The number of alkyl carbamates (subject to hydrolysis) is 1. The quantitative estimate of drug-likeness (QED) is 0.449. The molecule has 1 aliphatic carbocycles. The van der Waals surface area contributed by atoms with Gasteiger partial charge in [0, 0.05) is 33.1 Å². The predicted molar refractivity (Wildman–Crippen MR) is 144 cm³/mol. The van der Waals surface area contributed by atoms with Crippen molar-refractivity contribution in [3.05, 3.63) is 58.4 Å². The van der Waals surface area contributed by atoms with E-state index >= 15 is 4.39 Å². The van der Waals surface area contributed by atoms with Crippen LogP contribution in [0, 0.1) is 5.82 Å². The van der Waals surface area contributed by atoms with Gasteiger partial charge < -0.3 is 20.7 Å². The van der Waals surface area contributed by atoms with Crippen LogP contribution in [0.1, 0.15) is 62.9 Å². The van der Waals surface area contributed by atoms with E-state index in [4.69, 9.17) is 16.3 Å². The molecular formula is C27H32ClFN3O4S+. The number of nitrogens with one attached hydrogen (secondary N) is 3. The number of hydrogen-bond donors (Lipinski definition) is 3. The molecule has 2 aliphatic rings. The number of amides is 3. The SMILES string of the molecule is CC1(NC(=O)c2cc3c(cc2F)[S+](Cc2ccc(Cl)cc2)C[C@H](NC(=O)OC(C)(C)C)C(=O)N3)CCC1. The van der Waals surface area contributed by atoms with E-state index in [2.05, 4.69) is 16.0 Å². The number of rotatable bonds is 5. The lowest BCUT2D eigenvalue weighted by Crippen LogP contribution is -2.51. The van der Waals surface area contributed by atoms with Crippen molar-refractivity contribution in [2.75, 3.05) is 11.1 Å². The number of benzene rings is 2. The normalized spacial score (nSPS) is 20.5. The van der Waals surface area contributed by atoms with Crippen LogP contribution in [0.15, 0.2) is 41.3 Å². The number of carbonyl (C=O) groups excluding carboxylic acids is 3. The van der Waals surface area contributed by atoms with Crippen LogP contribution in [-0.2, 0) is 26.2 Å². The zero-order valence-corrected chi connectivity index (χ0v) is 22.9. The van der Waals surface area contributed by atoms with Gasteiger partial charge in [0.1, 0.15) is 22.9 Å². The standard InChI is InChI=1S/C27H31ClFN3O4S/c1-26(2,3)36-25(35)31-21-15-37(14-16-6-8-17(28)9-7-16)22-13-19(29)18(12-20(22)30-24(21)34)23(33)32-27(4)10-5-11-27/h6-9,12-13,21H,5,10-11,14-15H2,1-4H3,(H2-,30,31,32,33,34,35)/p+1/t21-,37?/m0/s1. The molecule has 7 nitrogen and oxygen atoms in total. The minimum atomic E-state index is -0.910. The summed E-state index contributed by atoms with van der Waals surface area (Å²) in [6.07, 6.45) is 1.97. The Kier molecular flexibility index (Phi) is 7.76. The number of hydrogen-bond acceptors (Lipinski definition) is 4. The Hall–Kier alpha value is -2.78. The van der Waals surface area contributed by atoms with Crippen LogP contribution in [0.3, 0.4) is 0 Å². The summed E-state index contributed by atoms with van der Waals surface area (Å²) < 4.78 is 20.7. The average molecular weight is 549 g/mol. The van der Waals surface area contributed by atoms with Gasteiger partial charge in [0.2, 0.25) is 0 Å². The molecule has 0 radical (unpaired) electrons. The highest BCUT2D eigenvalue weighted by molar-refractivity contribution is 7.96. The van der Waals surface area contributed by atoms with E-state index in [0.29, 0.717) is 21.4 Å². The van der Waals surface area contributed by atoms with Gasteiger partial charge in [-0.05, 0) is 65.2 Å². The molecule has 1 unspecified atom stereocenters. The molecule has 2 atom stereocenters. The Bertz CT molecular complexity index is 1210. The van der Waals surface area contributed by atoms with Gasteiger partial charge in [0.05, 0.1) is 11.3 Å². The van der Waals surface area contributed by atoms with E-state index in [0.717, 1.165) is 24.8 Å². The molecule has 3 amide bonds. The Morgan fingerprint density at radius 3 is 2.49 bits per heavy atom. The summed E-state index contributed by atoms with van der Waals surface area (Å²) in [6.45, 7) is 7.15. The molecule has 1 saturated carbocycles. The summed E-state index contributed by atoms with van der Waals surface area (Å²) >= 11 is 6.04. The molecule has 2 aromatic rings. The molecular weight excluding hydrogens is 517 g/mol. The number of fused-ring (bicyclic) bond motifs is 1. The molecule has 2 aromatic carbocycles. The van der Waals surface area contributed by atoms with Gasteiger partial charge in [-0.1, -0.05) is 23.7 Å². The second-order valence-corrected chi connectivity index (χ2v) is 13.3. The summed E-state index contributed by atoms with van der Waals surface area (Å²) in [5.41, 5.74) is 0.105. The molecule has 4 rings (SSSR count). The summed E-state index contributed by atoms with van der Waals surface area (Å²) in [7, 11) is -0.695. The first-order chi connectivity index (χ1) is 17.3. The van der Waals surface area contributed by atoms with E-state index in [1.807, 2.05) is 19.1 Å². The molecule has 0 saturated heterocycles. The van der Waals surface area contributed by atoms with Crippen LogP contribution in [-0.4, -0.2) is 40.8 Å². The fourth-order valence-corrected chi connectivity index (χ4v) is 6.80. The van der Waals surface area contributed by atoms with Crippen LogP contribution in [0.5, 0.6) is 0 Å².